The molecule has 8 heteroatoms. The van der Waals surface area contributed by atoms with Gasteiger partial charge in [0.15, 0.2) is 5.82 Å². The topological polar surface area (TPSA) is 82.2 Å². The van der Waals surface area contributed by atoms with E-state index in [-0.39, 0.29) is 11.8 Å². The van der Waals surface area contributed by atoms with Crippen LogP contribution in [0, 0.1) is 0 Å². The molecule has 2 aromatic rings. The zero-order chi connectivity index (χ0) is 20.0. The minimum absolute atomic E-state index is 0.0361. The molecule has 0 unspecified atom stereocenters. The minimum Gasteiger partial charge on any atom is -0.339 e. The largest absolute Gasteiger partial charge is 0.339 e. The van der Waals surface area contributed by atoms with Crippen molar-refractivity contribution in [1.29, 1.82) is 0 Å². The number of nitrogens with zero attached hydrogens (tertiary/aromatic N) is 4. The Labute approximate surface area is 174 Å². The average molecular weight is 414 g/mol. The molecular weight excluding hydrogens is 390 g/mol. The van der Waals surface area contributed by atoms with Crippen molar-refractivity contribution < 1.29 is 9.59 Å². The fraction of sp³-hybridized carbons (Fsp3) is 0.524. The van der Waals surface area contributed by atoms with Crippen molar-refractivity contribution in [1.82, 2.24) is 20.1 Å². The van der Waals surface area contributed by atoms with Crippen LogP contribution in [0.1, 0.15) is 72.4 Å². The van der Waals surface area contributed by atoms with Gasteiger partial charge in [0.05, 0.1) is 11.3 Å². The molecule has 0 radical (unpaired) electrons. The van der Waals surface area contributed by atoms with Crippen LogP contribution in [0.15, 0.2) is 18.2 Å². The Morgan fingerprint density at radius 1 is 1.10 bits per heavy atom. The molecule has 0 atom stereocenters. The number of carbonyl (C=O) groups excluding carboxylic acids is 2. The van der Waals surface area contributed by atoms with E-state index >= 15 is 0 Å². The molecule has 152 valence electrons. The van der Waals surface area contributed by atoms with E-state index in [1.807, 2.05) is 4.90 Å². The van der Waals surface area contributed by atoms with Crippen LogP contribution < -0.4 is 4.90 Å². The molecule has 29 heavy (non-hydrogen) atoms. The SMILES string of the molecule is O=C(c1ccc(Cl)cc1N1CCCC1=O)N1CCC(c2nc(C3CC3)n[nH]2)CC1. The third-order valence-electron chi connectivity index (χ3n) is 6.19. The summed E-state index contributed by atoms with van der Waals surface area (Å²) in [4.78, 5) is 33.7. The molecule has 3 heterocycles. The maximum Gasteiger partial charge on any atom is 0.255 e. The third kappa shape index (κ3) is 3.64. The molecule has 2 aliphatic heterocycles. The molecule has 2 amide bonds. The summed E-state index contributed by atoms with van der Waals surface area (Å²) in [7, 11) is 0. The molecule has 7 nitrogen and oxygen atoms in total. The highest BCUT2D eigenvalue weighted by Crippen LogP contribution is 2.39. The maximum atomic E-state index is 13.2. The molecule has 0 spiro atoms. The van der Waals surface area contributed by atoms with Crippen molar-refractivity contribution >= 4 is 29.1 Å². The van der Waals surface area contributed by atoms with Crippen molar-refractivity contribution in [3.8, 4) is 0 Å². The van der Waals surface area contributed by atoms with Crippen LogP contribution in [0.25, 0.3) is 0 Å². The minimum atomic E-state index is -0.0361. The second kappa shape index (κ2) is 7.44. The second-order valence-corrected chi connectivity index (χ2v) is 8.67. The Morgan fingerprint density at radius 2 is 1.90 bits per heavy atom. The zero-order valence-corrected chi connectivity index (χ0v) is 17.0. The summed E-state index contributed by atoms with van der Waals surface area (Å²) in [6, 6.07) is 5.20. The molecular formula is C21H24ClN5O2. The Bertz CT molecular complexity index is 946. The average Bonchev–Trinajstić information content (AvgIpc) is 3.30. The lowest BCUT2D eigenvalue weighted by molar-refractivity contribution is -0.117. The first kappa shape index (κ1) is 18.6. The monoisotopic (exact) mass is 413 g/mol. The Kier molecular flexibility index (Phi) is 4.78. The van der Waals surface area contributed by atoms with Gasteiger partial charge in [-0.1, -0.05) is 11.6 Å². The van der Waals surface area contributed by atoms with E-state index in [9.17, 15) is 9.59 Å². The number of hydrogen-bond donors (Lipinski definition) is 1. The van der Waals surface area contributed by atoms with E-state index < -0.39 is 0 Å². The summed E-state index contributed by atoms with van der Waals surface area (Å²) >= 11 is 6.17. The van der Waals surface area contributed by atoms with Crippen LogP contribution in [0.5, 0.6) is 0 Å². The number of aromatic nitrogens is 3. The number of hydrogen-bond acceptors (Lipinski definition) is 4. The molecule has 3 aliphatic rings. The van der Waals surface area contributed by atoms with E-state index in [0.717, 1.165) is 30.9 Å². The first-order chi connectivity index (χ1) is 14.1. The van der Waals surface area contributed by atoms with Crippen molar-refractivity contribution in [3.05, 3.63) is 40.4 Å². The number of H-pyrrole nitrogens is 1. The number of aromatic amines is 1. The predicted octanol–water partition coefficient (Wildman–Crippen LogP) is 3.48. The molecule has 1 saturated carbocycles. The smallest absolute Gasteiger partial charge is 0.255 e. The summed E-state index contributed by atoms with van der Waals surface area (Å²) in [6.07, 6.45) is 5.42. The summed E-state index contributed by atoms with van der Waals surface area (Å²) in [5.74, 6) is 2.76. The Morgan fingerprint density at radius 3 is 2.59 bits per heavy atom. The number of nitrogens with one attached hydrogen (secondary N) is 1. The lowest BCUT2D eigenvalue weighted by Gasteiger charge is -2.32. The Hall–Kier alpha value is -2.41. The van der Waals surface area contributed by atoms with E-state index in [1.165, 1.54) is 12.8 Å². The van der Waals surface area contributed by atoms with Crippen LogP contribution in [0.2, 0.25) is 5.02 Å². The fourth-order valence-corrected chi connectivity index (χ4v) is 4.50. The molecule has 5 rings (SSSR count). The van der Waals surface area contributed by atoms with Crippen LogP contribution in [0.4, 0.5) is 5.69 Å². The molecule has 1 aromatic carbocycles. The lowest BCUT2D eigenvalue weighted by Crippen LogP contribution is -2.39. The van der Waals surface area contributed by atoms with Crippen molar-refractivity contribution in [3.63, 3.8) is 0 Å². The summed E-state index contributed by atoms with van der Waals surface area (Å²) in [6.45, 7) is 1.97. The number of halogens is 1. The van der Waals surface area contributed by atoms with Gasteiger partial charge in [-0.2, -0.15) is 5.10 Å². The highest BCUT2D eigenvalue weighted by atomic mass is 35.5. The van der Waals surface area contributed by atoms with Gasteiger partial charge in [-0.25, -0.2) is 4.98 Å². The summed E-state index contributed by atoms with van der Waals surface area (Å²) in [5.41, 5.74) is 1.19. The number of likely N-dealkylation sites (tertiary alicyclic amines) is 1. The van der Waals surface area contributed by atoms with Crippen molar-refractivity contribution in [2.24, 2.45) is 0 Å². The first-order valence-electron chi connectivity index (χ1n) is 10.4. The van der Waals surface area contributed by atoms with Crippen LogP contribution in [-0.2, 0) is 4.79 Å². The van der Waals surface area contributed by atoms with Gasteiger partial charge in [0.1, 0.15) is 5.82 Å². The molecule has 1 aliphatic carbocycles. The number of rotatable bonds is 4. The normalized spacial score (nSPS) is 20.5. The fourth-order valence-electron chi connectivity index (χ4n) is 4.33. The first-order valence-corrected chi connectivity index (χ1v) is 10.8. The molecule has 0 bridgehead atoms. The quantitative estimate of drug-likeness (QED) is 0.831. The van der Waals surface area contributed by atoms with Gasteiger partial charge in [0, 0.05) is 42.9 Å². The van der Waals surface area contributed by atoms with Gasteiger partial charge in [-0.05, 0) is 50.3 Å². The highest BCUT2D eigenvalue weighted by molar-refractivity contribution is 6.31. The lowest BCUT2D eigenvalue weighted by atomic mass is 9.95. The number of carbonyl (C=O) groups is 2. The molecule has 1 N–H and O–H groups in total. The summed E-state index contributed by atoms with van der Waals surface area (Å²) < 4.78 is 0. The van der Waals surface area contributed by atoms with E-state index in [4.69, 9.17) is 11.6 Å². The van der Waals surface area contributed by atoms with E-state index in [2.05, 4.69) is 15.2 Å². The summed E-state index contributed by atoms with van der Waals surface area (Å²) in [5, 5.41) is 8.00. The molecule has 3 fully saturated rings. The van der Waals surface area contributed by atoms with Gasteiger partial charge >= 0.3 is 0 Å². The number of piperidine rings is 1. The maximum absolute atomic E-state index is 13.2. The number of benzene rings is 1. The molecule has 1 aromatic heterocycles. The van der Waals surface area contributed by atoms with Gasteiger partial charge in [-0.3, -0.25) is 14.7 Å². The van der Waals surface area contributed by atoms with Gasteiger partial charge in [0.2, 0.25) is 5.91 Å². The van der Waals surface area contributed by atoms with E-state index in [1.54, 1.807) is 23.1 Å². The second-order valence-electron chi connectivity index (χ2n) is 8.23. The van der Waals surface area contributed by atoms with Gasteiger partial charge < -0.3 is 9.80 Å². The molecule has 2 saturated heterocycles. The van der Waals surface area contributed by atoms with Crippen LogP contribution >= 0.6 is 11.6 Å². The van der Waals surface area contributed by atoms with Crippen molar-refractivity contribution in [2.45, 2.75) is 50.4 Å². The number of anilines is 1. The van der Waals surface area contributed by atoms with Crippen LogP contribution in [0.3, 0.4) is 0 Å². The standard InChI is InChI=1S/C21H24ClN5O2/c22-15-5-6-16(17(12-15)27-9-1-2-18(27)28)21(29)26-10-7-14(8-11-26)20-23-19(24-25-20)13-3-4-13/h5-6,12-14H,1-4,7-11H2,(H,23,24,25). The van der Waals surface area contributed by atoms with E-state index in [0.29, 0.717) is 54.2 Å². The van der Waals surface area contributed by atoms with Gasteiger partial charge in [-0.15, -0.1) is 0 Å². The third-order valence-corrected chi connectivity index (χ3v) is 6.42. The number of amides is 2. The highest BCUT2D eigenvalue weighted by Gasteiger charge is 2.32. The van der Waals surface area contributed by atoms with Crippen molar-refractivity contribution in [2.75, 3.05) is 24.5 Å². The van der Waals surface area contributed by atoms with Crippen LogP contribution in [-0.4, -0.2) is 51.5 Å². The predicted molar refractivity (Wildman–Crippen MR) is 109 cm³/mol. The Balaban J connectivity index is 1.30. The zero-order valence-electron chi connectivity index (χ0n) is 16.2. The van der Waals surface area contributed by atoms with Gasteiger partial charge in [0.25, 0.3) is 5.91 Å².